The molecule has 5 aliphatic rings. The number of hydrogen-bond acceptors (Lipinski definition) is 3. The summed E-state index contributed by atoms with van der Waals surface area (Å²) in [5.74, 6) is 0.106. The smallest absolute Gasteiger partial charge is 0.164 e. The Bertz CT molecular complexity index is 520. The second kappa shape index (κ2) is 3.18. The van der Waals surface area contributed by atoms with Crippen molar-refractivity contribution >= 4 is 0 Å². The number of allylic oxidation sites excluding steroid dienone is 1. The van der Waals surface area contributed by atoms with Crippen LogP contribution in [0.1, 0.15) is 46.5 Å². The zero-order valence-corrected chi connectivity index (χ0v) is 12.7. The first-order valence-electron chi connectivity index (χ1n) is 8.09. The van der Waals surface area contributed by atoms with E-state index >= 15 is 0 Å². The van der Waals surface area contributed by atoms with Gasteiger partial charge in [-0.3, -0.25) is 0 Å². The summed E-state index contributed by atoms with van der Waals surface area (Å²) in [5, 5.41) is 0. The van der Waals surface area contributed by atoms with Crippen molar-refractivity contribution in [1.82, 2.24) is 0 Å². The monoisotopic (exact) mass is 276 g/mol. The van der Waals surface area contributed by atoms with Gasteiger partial charge >= 0.3 is 0 Å². The first-order chi connectivity index (χ1) is 9.43. The van der Waals surface area contributed by atoms with Gasteiger partial charge in [-0.15, -0.1) is 0 Å². The average molecular weight is 276 g/mol. The maximum Gasteiger partial charge on any atom is 0.164 e. The molecule has 3 aliphatic carbocycles. The van der Waals surface area contributed by atoms with E-state index in [0.29, 0.717) is 16.7 Å². The van der Waals surface area contributed by atoms with Crippen LogP contribution in [0.5, 0.6) is 0 Å². The van der Waals surface area contributed by atoms with Gasteiger partial charge in [-0.25, -0.2) is 0 Å². The van der Waals surface area contributed by atoms with Gasteiger partial charge in [0.05, 0.1) is 13.2 Å². The molecule has 0 aromatic carbocycles. The Balaban J connectivity index is 1.58. The largest absolute Gasteiger partial charge is 0.380 e. The molecule has 3 nitrogen and oxygen atoms in total. The number of fused-ring (bicyclic) bond motifs is 1. The van der Waals surface area contributed by atoms with Crippen molar-refractivity contribution in [2.24, 2.45) is 16.7 Å². The van der Waals surface area contributed by atoms with Gasteiger partial charge in [-0.2, -0.15) is 0 Å². The molecule has 2 saturated heterocycles. The minimum absolute atomic E-state index is 0.0900. The van der Waals surface area contributed by atoms with Crippen LogP contribution in [0.15, 0.2) is 11.6 Å². The Hall–Kier alpha value is -0.380. The zero-order valence-electron chi connectivity index (χ0n) is 12.7. The molecule has 1 unspecified atom stereocenters. The molecular formula is C17H24O3. The lowest BCUT2D eigenvalue weighted by molar-refractivity contribution is -0.153. The van der Waals surface area contributed by atoms with E-state index in [1.807, 2.05) is 0 Å². The number of rotatable bonds is 1. The van der Waals surface area contributed by atoms with Gasteiger partial charge in [-0.1, -0.05) is 13.0 Å². The third-order valence-corrected chi connectivity index (χ3v) is 6.70. The molecular weight excluding hydrogens is 252 g/mol. The SMILES string of the molecule is CC1(C)O[C@H]2C([C@@]34COC[C@]3(C)C4)C3=CCCC[C@@]32O1. The molecule has 2 saturated carbocycles. The summed E-state index contributed by atoms with van der Waals surface area (Å²) >= 11 is 0. The lowest BCUT2D eigenvalue weighted by Gasteiger charge is -2.56. The van der Waals surface area contributed by atoms with Gasteiger partial charge in [0.25, 0.3) is 0 Å². The van der Waals surface area contributed by atoms with Crippen LogP contribution in [0.25, 0.3) is 0 Å². The molecule has 2 aliphatic heterocycles. The molecule has 3 heteroatoms. The minimum Gasteiger partial charge on any atom is -0.380 e. The fraction of sp³-hybridized carbons (Fsp3) is 0.882. The average Bonchev–Trinajstić information content (AvgIpc) is 2.72. The second-order valence-electron chi connectivity index (χ2n) is 8.35. The van der Waals surface area contributed by atoms with Crippen molar-refractivity contribution in [3.63, 3.8) is 0 Å². The van der Waals surface area contributed by atoms with E-state index in [9.17, 15) is 0 Å². The molecule has 1 spiro atoms. The summed E-state index contributed by atoms with van der Waals surface area (Å²) in [5.41, 5.74) is 2.19. The van der Waals surface area contributed by atoms with Gasteiger partial charge in [0, 0.05) is 16.7 Å². The predicted molar refractivity (Wildman–Crippen MR) is 74.2 cm³/mol. The van der Waals surface area contributed by atoms with Crippen LogP contribution in [0.2, 0.25) is 0 Å². The van der Waals surface area contributed by atoms with E-state index < -0.39 is 5.79 Å². The molecule has 0 aromatic heterocycles. The molecule has 5 rings (SSSR count). The maximum absolute atomic E-state index is 6.39. The van der Waals surface area contributed by atoms with Crippen LogP contribution < -0.4 is 0 Å². The summed E-state index contributed by atoms with van der Waals surface area (Å²) in [7, 11) is 0. The predicted octanol–water partition coefficient (Wildman–Crippen LogP) is 3.04. The molecule has 0 N–H and O–H groups in total. The Kier molecular flexibility index (Phi) is 1.94. The molecule has 0 bridgehead atoms. The van der Waals surface area contributed by atoms with Crippen LogP contribution >= 0.6 is 0 Å². The first-order valence-corrected chi connectivity index (χ1v) is 8.09. The summed E-state index contributed by atoms with van der Waals surface area (Å²) in [4.78, 5) is 0. The highest BCUT2D eigenvalue weighted by Crippen LogP contribution is 2.78. The van der Waals surface area contributed by atoms with E-state index in [4.69, 9.17) is 14.2 Å². The second-order valence-corrected chi connectivity index (χ2v) is 8.35. The van der Waals surface area contributed by atoms with Crippen molar-refractivity contribution in [3.8, 4) is 0 Å². The van der Waals surface area contributed by atoms with Crippen molar-refractivity contribution in [2.75, 3.05) is 13.2 Å². The maximum atomic E-state index is 6.39. The molecule has 0 amide bonds. The Labute approximate surface area is 120 Å². The molecule has 20 heavy (non-hydrogen) atoms. The van der Waals surface area contributed by atoms with Gasteiger partial charge in [0.2, 0.25) is 0 Å². The zero-order chi connectivity index (χ0) is 13.8. The van der Waals surface area contributed by atoms with E-state index in [-0.39, 0.29) is 11.7 Å². The van der Waals surface area contributed by atoms with Gasteiger partial charge in [0.15, 0.2) is 5.79 Å². The van der Waals surface area contributed by atoms with Crippen LogP contribution in [-0.2, 0) is 14.2 Å². The number of ether oxygens (including phenoxy) is 3. The minimum atomic E-state index is -0.433. The van der Waals surface area contributed by atoms with Crippen LogP contribution in [-0.4, -0.2) is 30.7 Å². The van der Waals surface area contributed by atoms with E-state index in [1.165, 1.54) is 19.3 Å². The molecule has 2 heterocycles. The van der Waals surface area contributed by atoms with E-state index in [1.54, 1.807) is 5.57 Å². The van der Waals surface area contributed by atoms with Gasteiger partial charge < -0.3 is 14.2 Å². The molecule has 0 radical (unpaired) electrons. The number of hydrogen-bond donors (Lipinski definition) is 0. The Morgan fingerprint density at radius 1 is 1.20 bits per heavy atom. The van der Waals surface area contributed by atoms with Crippen molar-refractivity contribution < 1.29 is 14.2 Å². The molecule has 110 valence electrons. The highest BCUT2D eigenvalue weighted by Gasteiger charge is 2.81. The van der Waals surface area contributed by atoms with Crippen LogP contribution in [0.4, 0.5) is 0 Å². The fourth-order valence-electron chi connectivity index (χ4n) is 5.76. The molecule has 4 fully saturated rings. The third-order valence-electron chi connectivity index (χ3n) is 6.70. The van der Waals surface area contributed by atoms with Crippen LogP contribution in [0, 0.1) is 16.7 Å². The van der Waals surface area contributed by atoms with Crippen molar-refractivity contribution in [3.05, 3.63) is 11.6 Å². The lowest BCUT2D eigenvalue weighted by Crippen LogP contribution is -2.63. The van der Waals surface area contributed by atoms with E-state index in [2.05, 4.69) is 26.8 Å². The summed E-state index contributed by atoms with van der Waals surface area (Å²) in [6, 6.07) is 0. The standard InChI is InChI=1S/C17H24O3/c1-14(2)19-13-12(16-8-15(16,3)9-18-10-16)11-6-4-5-7-17(11,13)20-14/h6,12-13H,4-5,7-10H2,1-3H3/t12?,13-,15-,16+,17+/m0/s1. The highest BCUT2D eigenvalue weighted by molar-refractivity contribution is 5.45. The van der Waals surface area contributed by atoms with Crippen LogP contribution in [0.3, 0.4) is 0 Å². The van der Waals surface area contributed by atoms with E-state index in [0.717, 1.165) is 19.6 Å². The topological polar surface area (TPSA) is 27.7 Å². The Morgan fingerprint density at radius 3 is 2.75 bits per heavy atom. The molecule has 0 aromatic rings. The quantitative estimate of drug-likeness (QED) is 0.689. The van der Waals surface area contributed by atoms with Crippen molar-refractivity contribution in [1.29, 1.82) is 0 Å². The third kappa shape index (κ3) is 1.13. The van der Waals surface area contributed by atoms with Gasteiger partial charge in [0.1, 0.15) is 11.7 Å². The van der Waals surface area contributed by atoms with Crippen molar-refractivity contribution in [2.45, 2.75) is 63.9 Å². The highest BCUT2D eigenvalue weighted by atomic mass is 16.8. The lowest BCUT2D eigenvalue weighted by atomic mass is 9.53. The fourth-order valence-corrected chi connectivity index (χ4v) is 5.76. The Morgan fingerprint density at radius 2 is 2.05 bits per heavy atom. The summed E-state index contributed by atoms with van der Waals surface area (Å²) < 4.78 is 18.6. The first kappa shape index (κ1) is 12.2. The summed E-state index contributed by atoms with van der Waals surface area (Å²) in [6.45, 7) is 8.38. The van der Waals surface area contributed by atoms with Gasteiger partial charge in [-0.05, 0) is 45.1 Å². The molecule has 5 atom stereocenters. The summed E-state index contributed by atoms with van der Waals surface area (Å²) in [6.07, 6.45) is 7.59. The normalized spacial score (nSPS) is 58.2.